The van der Waals surface area contributed by atoms with Crippen LogP contribution in [-0.2, 0) is 16.4 Å². The fraction of sp³-hybridized carbons (Fsp3) is 0.136. The van der Waals surface area contributed by atoms with Gasteiger partial charge in [0.15, 0.2) is 11.6 Å². The molecule has 0 unspecified atom stereocenters. The zero-order chi connectivity index (χ0) is 21.0. The van der Waals surface area contributed by atoms with Gasteiger partial charge in [-0.3, -0.25) is 9.71 Å². The number of anilines is 2. The van der Waals surface area contributed by atoms with Crippen LogP contribution in [0.4, 0.5) is 11.6 Å². The smallest absolute Gasteiger partial charge is 0.263 e. The summed E-state index contributed by atoms with van der Waals surface area (Å²) in [5, 5.41) is 3.21. The number of aryl methyl sites for hydroxylation is 1. The van der Waals surface area contributed by atoms with Crippen LogP contribution in [0.5, 0.6) is 0 Å². The van der Waals surface area contributed by atoms with Crippen LogP contribution in [0.15, 0.2) is 77.8 Å². The first-order valence-corrected chi connectivity index (χ1v) is 11.0. The SMILES string of the molecule is Cc1ccc(CCNc2nc3ccccc3nc2NS(=O)(=O)c2ccccc2)cn1. The van der Waals surface area contributed by atoms with Crippen LogP contribution in [0.3, 0.4) is 0 Å². The summed E-state index contributed by atoms with van der Waals surface area (Å²) in [6.45, 7) is 2.50. The molecule has 152 valence electrons. The molecular weight excluding hydrogens is 398 g/mol. The summed E-state index contributed by atoms with van der Waals surface area (Å²) in [4.78, 5) is 13.5. The zero-order valence-electron chi connectivity index (χ0n) is 16.4. The highest BCUT2D eigenvalue weighted by Gasteiger charge is 2.18. The molecular formula is C22H21N5O2S. The zero-order valence-corrected chi connectivity index (χ0v) is 17.2. The van der Waals surface area contributed by atoms with E-state index in [0.29, 0.717) is 29.8 Å². The Labute approximate surface area is 175 Å². The van der Waals surface area contributed by atoms with Crippen molar-refractivity contribution in [2.75, 3.05) is 16.6 Å². The average molecular weight is 420 g/mol. The molecule has 0 bridgehead atoms. The van der Waals surface area contributed by atoms with E-state index >= 15 is 0 Å². The molecule has 0 fully saturated rings. The number of aromatic nitrogens is 3. The minimum atomic E-state index is -3.79. The molecule has 2 heterocycles. The molecule has 4 rings (SSSR count). The summed E-state index contributed by atoms with van der Waals surface area (Å²) in [5.74, 6) is 0.549. The number of nitrogens with one attached hydrogen (secondary N) is 2. The van der Waals surface area contributed by atoms with Crippen molar-refractivity contribution in [2.45, 2.75) is 18.2 Å². The fourth-order valence-corrected chi connectivity index (χ4v) is 3.98. The Bertz CT molecular complexity index is 1260. The van der Waals surface area contributed by atoms with E-state index in [-0.39, 0.29) is 10.7 Å². The predicted octanol–water partition coefficient (Wildman–Crippen LogP) is 3.79. The molecule has 2 aromatic heterocycles. The lowest BCUT2D eigenvalue weighted by Crippen LogP contribution is -2.17. The van der Waals surface area contributed by atoms with Gasteiger partial charge in [-0.05, 0) is 49.2 Å². The van der Waals surface area contributed by atoms with E-state index < -0.39 is 10.0 Å². The maximum atomic E-state index is 12.8. The minimum absolute atomic E-state index is 0.164. The van der Waals surface area contributed by atoms with Gasteiger partial charge in [-0.25, -0.2) is 18.4 Å². The lowest BCUT2D eigenvalue weighted by atomic mass is 10.2. The Kier molecular flexibility index (Phi) is 5.58. The molecule has 0 aliphatic heterocycles. The monoisotopic (exact) mass is 419 g/mol. The van der Waals surface area contributed by atoms with Crippen LogP contribution in [0.2, 0.25) is 0 Å². The molecule has 0 radical (unpaired) electrons. The second kappa shape index (κ2) is 8.46. The van der Waals surface area contributed by atoms with E-state index in [1.807, 2.05) is 43.5 Å². The second-order valence-corrected chi connectivity index (χ2v) is 8.50. The fourth-order valence-electron chi connectivity index (χ4n) is 2.95. The van der Waals surface area contributed by atoms with E-state index in [2.05, 4.69) is 25.0 Å². The highest BCUT2D eigenvalue weighted by Crippen LogP contribution is 2.24. The van der Waals surface area contributed by atoms with Crippen molar-refractivity contribution < 1.29 is 8.42 Å². The van der Waals surface area contributed by atoms with Gasteiger partial charge in [0.05, 0.1) is 15.9 Å². The topological polar surface area (TPSA) is 96.9 Å². The number of hydrogen-bond acceptors (Lipinski definition) is 6. The minimum Gasteiger partial charge on any atom is -0.367 e. The van der Waals surface area contributed by atoms with Crippen LogP contribution in [-0.4, -0.2) is 29.9 Å². The molecule has 0 amide bonds. The Morgan fingerprint density at radius 2 is 1.50 bits per heavy atom. The van der Waals surface area contributed by atoms with Crippen LogP contribution in [0.25, 0.3) is 11.0 Å². The maximum absolute atomic E-state index is 12.8. The standard InChI is InChI=1S/C22H21N5O2S/c1-16-11-12-17(15-24-16)13-14-23-21-22(26-20-10-6-5-9-19(20)25-21)27-30(28,29)18-7-3-2-4-8-18/h2-12,15H,13-14H2,1H3,(H,23,25)(H,26,27). The Hall–Kier alpha value is -3.52. The predicted molar refractivity (Wildman–Crippen MR) is 118 cm³/mol. The molecule has 0 aliphatic rings. The van der Waals surface area contributed by atoms with Crippen LogP contribution < -0.4 is 10.0 Å². The van der Waals surface area contributed by atoms with Crippen LogP contribution in [0.1, 0.15) is 11.3 Å². The van der Waals surface area contributed by atoms with Crippen LogP contribution in [0, 0.1) is 6.92 Å². The van der Waals surface area contributed by atoms with Gasteiger partial charge in [0.2, 0.25) is 0 Å². The van der Waals surface area contributed by atoms with Crippen molar-refractivity contribution >= 4 is 32.7 Å². The largest absolute Gasteiger partial charge is 0.367 e. The Morgan fingerprint density at radius 1 is 0.833 bits per heavy atom. The van der Waals surface area contributed by atoms with Gasteiger partial charge in [0, 0.05) is 18.4 Å². The van der Waals surface area contributed by atoms with E-state index in [0.717, 1.165) is 11.3 Å². The lowest BCUT2D eigenvalue weighted by Gasteiger charge is -2.14. The number of sulfonamides is 1. The van der Waals surface area contributed by atoms with Crippen molar-refractivity contribution in [1.82, 2.24) is 15.0 Å². The van der Waals surface area contributed by atoms with Crippen LogP contribution >= 0.6 is 0 Å². The highest BCUT2D eigenvalue weighted by molar-refractivity contribution is 7.92. The van der Waals surface area contributed by atoms with Crippen molar-refractivity contribution in [2.24, 2.45) is 0 Å². The third kappa shape index (κ3) is 4.55. The highest BCUT2D eigenvalue weighted by atomic mass is 32.2. The third-order valence-electron chi connectivity index (χ3n) is 4.53. The number of rotatable bonds is 7. The summed E-state index contributed by atoms with van der Waals surface area (Å²) in [5.41, 5.74) is 3.33. The van der Waals surface area contributed by atoms with Gasteiger partial charge in [-0.2, -0.15) is 0 Å². The van der Waals surface area contributed by atoms with E-state index in [1.54, 1.807) is 24.3 Å². The summed E-state index contributed by atoms with van der Waals surface area (Å²) in [6, 6.07) is 19.5. The van der Waals surface area contributed by atoms with E-state index in [1.165, 1.54) is 12.1 Å². The molecule has 30 heavy (non-hydrogen) atoms. The van der Waals surface area contributed by atoms with Crippen molar-refractivity contribution in [3.05, 3.63) is 84.2 Å². The molecule has 0 atom stereocenters. The normalized spacial score (nSPS) is 11.4. The maximum Gasteiger partial charge on any atom is 0.263 e. The number of nitrogens with zero attached hydrogens (tertiary/aromatic N) is 3. The summed E-state index contributed by atoms with van der Waals surface area (Å²) in [6.07, 6.45) is 2.55. The van der Waals surface area contributed by atoms with Gasteiger partial charge in [0.25, 0.3) is 10.0 Å². The second-order valence-electron chi connectivity index (χ2n) is 6.81. The van der Waals surface area contributed by atoms with Gasteiger partial charge < -0.3 is 5.32 Å². The first-order chi connectivity index (χ1) is 14.5. The molecule has 0 saturated heterocycles. The molecule has 0 aliphatic carbocycles. The van der Waals surface area contributed by atoms with E-state index in [4.69, 9.17) is 0 Å². The molecule has 8 heteroatoms. The Balaban J connectivity index is 1.61. The van der Waals surface area contributed by atoms with Crippen molar-refractivity contribution in [1.29, 1.82) is 0 Å². The van der Waals surface area contributed by atoms with Crippen molar-refractivity contribution in [3.8, 4) is 0 Å². The number of benzene rings is 2. The average Bonchev–Trinajstić information content (AvgIpc) is 2.76. The number of fused-ring (bicyclic) bond motifs is 1. The molecule has 0 spiro atoms. The quantitative estimate of drug-likeness (QED) is 0.473. The number of pyridine rings is 1. The Morgan fingerprint density at radius 3 is 2.17 bits per heavy atom. The molecule has 2 N–H and O–H groups in total. The molecule has 4 aromatic rings. The van der Waals surface area contributed by atoms with Crippen molar-refractivity contribution in [3.63, 3.8) is 0 Å². The third-order valence-corrected chi connectivity index (χ3v) is 5.89. The van der Waals surface area contributed by atoms with Gasteiger partial charge in [0.1, 0.15) is 0 Å². The number of para-hydroxylation sites is 2. The molecule has 2 aromatic carbocycles. The first-order valence-electron chi connectivity index (χ1n) is 9.51. The lowest BCUT2D eigenvalue weighted by molar-refractivity contribution is 0.601. The van der Waals surface area contributed by atoms with E-state index in [9.17, 15) is 8.42 Å². The summed E-state index contributed by atoms with van der Waals surface area (Å²) < 4.78 is 28.2. The first kappa shape index (κ1) is 19.8. The summed E-state index contributed by atoms with van der Waals surface area (Å²) >= 11 is 0. The van der Waals surface area contributed by atoms with Gasteiger partial charge in [-0.1, -0.05) is 36.4 Å². The van der Waals surface area contributed by atoms with Gasteiger partial charge >= 0.3 is 0 Å². The molecule has 7 nitrogen and oxygen atoms in total. The number of hydrogen-bond donors (Lipinski definition) is 2. The summed E-state index contributed by atoms with van der Waals surface area (Å²) in [7, 11) is -3.79. The van der Waals surface area contributed by atoms with Gasteiger partial charge in [-0.15, -0.1) is 0 Å². The molecule has 0 saturated carbocycles.